The molecule has 0 radical (unpaired) electrons. The number of thiophene rings is 1. The van der Waals surface area contributed by atoms with Crippen molar-refractivity contribution in [3.05, 3.63) is 27.5 Å². The number of alkyl halides is 1. The second kappa shape index (κ2) is 3.96. The van der Waals surface area contributed by atoms with Gasteiger partial charge in [0.1, 0.15) is 5.01 Å². The number of hydrogen-bond acceptors (Lipinski definition) is 3. The summed E-state index contributed by atoms with van der Waals surface area (Å²) in [5.74, 6) is 0.458. The van der Waals surface area contributed by atoms with Crippen molar-refractivity contribution < 1.29 is 0 Å². The Morgan fingerprint density at radius 2 is 2.23 bits per heavy atom. The highest BCUT2D eigenvalue weighted by molar-refractivity contribution is 7.20. The predicted octanol–water partition coefficient (Wildman–Crippen LogP) is 4.26. The summed E-state index contributed by atoms with van der Waals surface area (Å²) in [6, 6.07) is 1.88. The lowest BCUT2D eigenvalue weighted by Crippen LogP contribution is -1.76. The van der Waals surface area contributed by atoms with Crippen molar-refractivity contribution in [1.29, 1.82) is 0 Å². The molecule has 0 aliphatic carbocycles. The van der Waals surface area contributed by atoms with E-state index < -0.39 is 0 Å². The maximum Gasteiger partial charge on any atom is 0.135 e. The summed E-state index contributed by atoms with van der Waals surface area (Å²) in [7, 11) is 0. The molecule has 0 fully saturated rings. The first-order chi connectivity index (χ1) is 6.31. The molecule has 0 amide bonds. The molecule has 0 aliphatic heterocycles. The molecule has 2 rings (SSSR count). The van der Waals surface area contributed by atoms with E-state index in [-0.39, 0.29) is 0 Å². The molecule has 2 heterocycles. The highest BCUT2D eigenvalue weighted by Gasteiger charge is 2.08. The number of rotatable bonds is 2. The predicted molar refractivity (Wildman–Crippen MR) is 60.0 cm³/mol. The fourth-order valence-corrected chi connectivity index (χ4v) is 3.29. The van der Waals surface area contributed by atoms with Crippen molar-refractivity contribution in [3.8, 4) is 9.88 Å². The molecule has 0 aromatic carbocycles. The lowest BCUT2D eigenvalue weighted by Gasteiger charge is -1.89. The fraction of sp³-hybridized carbons (Fsp3) is 0.125. The van der Waals surface area contributed by atoms with Gasteiger partial charge in [-0.2, -0.15) is 0 Å². The minimum Gasteiger partial charge on any atom is -0.239 e. The van der Waals surface area contributed by atoms with Gasteiger partial charge in [-0.25, -0.2) is 4.98 Å². The normalized spacial score (nSPS) is 10.6. The van der Waals surface area contributed by atoms with Crippen LogP contribution in [0.2, 0.25) is 5.02 Å². The van der Waals surface area contributed by atoms with Gasteiger partial charge in [-0.3, -0.25) is 0 Å². The van der Waals surface area contributed by atoms with E-state index in [0.29, 0.717) is 5.88 Å². The minimum absolute atomic E-state index is 0.458. The molecule has 1 nitrogen and oxygen atoms in total. The van der Waals surface area contributed by atoms with Crippen molar-refractivity contribution in [2.45, 2.75) is 5.88 Å². The quantitative estimate of drug-likeness (QED) is 0.725. The number of hydrogen-bond donors (Lipinski definition) is 0. The van der Waals surface area contributed by atoms with E-state index in [1.54, 1.807) is 22.7 Å². The Labute approximate surface area is 94.0 Å². The van der Waals surface area contributed by atoms with Crippen LogP contribution in [0.4, 0.5) is 0 Å². The van der Waals surface area contributed by atoms with Gasteiger partial charge in [0.15, 0.2) is 0 Å². The molecule has 5 heteroatoms. The number of aromatic nitrogens is 1. The second-order valence-corrected chi connectivity index (χ2v) is 4.82. The van der Waals surface area contributed by atoms with E-state index in [1.807, 2.05) is 16.8 Å². The molecule has 0 spiro atoms. The van der Waals surface area contributed by atoms with Crippen LogP contribution in [-0.4, -0.2) is 4.98 Å². The molecule has 0 saturated heterocycles. The van der Waals surface area contributed by atoms with Crippen LogP contribution < -0.4 is 0 Å². The maximum atomic E-state index is 5.97. The Balaban J connectivity index is 2.41. The van der Waals surface area contributed by atoms with Gasteiger partial charge in [-0.05, 0) is 11.4 Å². The Bertz CT molecular complexity index is 408. The lowest BCUT2D eigenvalue weighted by atomic mass is 10.5. The molecule has 0 saturated carbocycles. The molecule has 0 N–H and O–H groups in total. The molecule has 0 atom stereocenters. The third-order valence-electron chi connectivity index (χ3n) is 1.50. The van der Waals surface area contributed by atoms with Crippen LogP contribution in [-0.2, 0) is 5.88 Å². The van der Waals surface area contributed by atoms with E-state index in [4.69, 9.17) is 23.2 Å². The third kappa shape index (κ3) is 1.89. The lowest BCUT2D eigenvalue weighted by molar-refractivity contribution is 1.23. The monoisotopic (exact) mass is 249 g/mol. The number of halogens is 2. The molecular formula is C8H5Cl2NS2. The van der Waals surface area contributed by atoms with Crippen LogP contribution in [0.5, 0.6) is 0 Å². The van der Waals surface area contributed by atoms with Crippen LogP contribution in [0, 0.1) is 0 Å². The number of thiazole rings is 1. The molecule has 2 aromatic heterocycles. The van der Waals surface area contributed by atoms with Crippen molar-refractivity contribution >= 4 is 45.9 Å². The molecule has 13 heavy (non-hydrogen) atoms. The summed E-state index contributed by atoms with van der Waals surface area (Å²) in [5.41, 5.74) is 0.908. The van der Waals surface area contributed by atoms with E-state index in [0.717, 1.165) is 20.6 Å². The largest absolute Gasteiger partial charge is 0.239 e. The van der Waals surface area contributed by atoms with E-state index in [2.05, 4.69) is 4.98 Å². The smallest absolute Gasteiger partial charge is 0.135 e. The molecule has 2 aromatic rings. The van der Waals surface area contributed by atoms with Gasteiger partial charge in [0.25, 0.3) is 0 Å². The fourth-order valence-electron chi connectivity index (χ4n) is 0.919. The van der Waals surface area contributed by atoms with Crippen LogP contribution >= 0.6 is 45.9 Å². The Kier molecular flexibility index (Phi) is 2.89. The summed E-state index contributed by atoms with van der Waals surface area (Å²) in [5, 5.41) is 5.63. The summed E-state index contributed by atoms with van der Waals surface area (Å²) < 4.78 is 0. The average Bonchev–Trinajstić information content (AvgIpc) is 2.71. The molecule has 0 unspecified atom stereocenters. The van der Waals surface area contributed by atoms with Gasteiger partial charge in [0.05, 0.1) is 21.5 Å². The Hall–Kier alpha value is -0.0900. The standard InChI is InChI=1S/C8H5Cl2NS2/c9-3-5-4-13-8(11-5)7-6(10)1-2-12-7/h1-2,4H,3H2. The third-order valence-corrected chi connectivity index (χ3v) is 4.16. The summed E-state index contributed by atoms with van der Waals surface area (Å²) in [4.78, 5) is 5.38. The zero-order chi connectivity index (χ0) is 9.26. The topological polar surface area (TPSA) is 12.9 Å². The van der Waals surface area contributed by atoms with Gasteiger partial charge in [-0.15, -0.1) is 34.3 Å². The van der Waals surface area contributed by atoms with Gasteiger partial charge in [0, 0.05) is 5.38 Å². The van der Waals surface area contributed by atoms with Crippen molar-refractivity contribution in [2.75, 3.05) is 0 Å². The summed E-state index contributed by atoms with van der Waals surface area (Å²) in [6.45, 7) is 0. The molecule has 0 bridgehead atoms. The maximum absolute atomic E-state index is 5.97. The van der Waals surface area contributed by atoms with Gasteiger partial charge in [-0.1, -0.05) is 11.6 Å². The summed E-state index contributed by atoms with van der Waals surface area (Å²) in [6.07, 6.45) is 0. The van der Waals surface area contributed by atoms with E-state index in [9.17, 15) is 0 Å². The minimum atomic E-state index is 0.458. The average molecular weight is 250 g/mol. The zero-order valence-corrected chi connectivity index (χ0v) is 9.60. The van der Waals surface area contributed by atoms with Crippen molar-refractivity contribution in [1.82, 2.24) is 4.98 Å². The van der Waals surface area contributed by atoms with Crippen LogP contribution in [0.15, 0.2) is 16.8 Å². The van der Waals surface area contributed by atoms with Gasteiger partial charge in [0.2, 0.25) is 0 Å². The SMILES string of the molecule is ClCc1csc(-c2sccc2Cl)n1. The van der Waals surface area contributed by atoms with Crippen LogP contribution in [0.3, 0.4) is 0 Å². The summed E-state index contributed by atoms with van der Waals surface area (Å²) >= 11 is 14.8. The number of nitrogens with zero attached hydrogens (tertiary/aromatic N) is 1. The van der Waals surface area contributed by atoms with Crippen LogP contribution in [0.25, 0.3) is 9.88 Å². The van der Waals surface area contributed by atoms with Gasteiger partial charge >= 0.3 is 0 Å². The first-order valence-corrected chi connectivity index (χ1v) is 6.22. The highest BCUT2D eigenvalue weighted by Crippen LogP contribution is 2.35. The van der Waals surface area contributed by atoms with E-state index in [1.165, 1.54) is 0 Å². The molecule has 0 aliphatic rings. The second-order valence-electron chi connectivity index (χ2n) is 2.38. The van der Waals surface area contributed by atoms with Crippen molar-refractivity contribution in [2.24, 2.45) is 0 Å². The van der Waals surface area contributed by atoms with Gasteiger partial charge < -0.3 is 0 Å². The zero-order valence-electron chi connectivity index (χ0n) is 6.46. The Morgan fingerprint density at radius 3 is 2.77 bits per heavy atom. The highest BCUT2D eigenvalue weighted by atomic mass is 35.5. The molecule has 68 valence electrons. The first kappa shape index (κ1) is 9.46. The molecular weight excluding hydrogens is 245 g/mol. The van der Waals surface area contributed by atoms with E-state index >= 15 is 0 Å². The van der Waals surface area contributed by atoms with Crippen molar-refractivity contribution in [3.63, 3.8) is 0 Å². The first-order valence-electron chi connectivity index (χ1n) is 3.55. The van der Waals surface area contributed by atoms with Crippen LogP contribution in [0.1, 0.15) is 5.69 Å². The Morgan fingerprint density at radius 1 is 1.38 bits per heavy atom.